The first kappa shape index (κ1) is 14.7. The van der Waals surface area contributed by atoms with E-state index >= 15 is 0 Å². The Kier molecular flexibility index (Phi) is 4.99. The lowest BCUT2D eigenvalue weighted by Crippen LogP contribution is -2.00. The van der Waals surface area contributed by atoms with Crippen molar-refractivity contribution >= 4 is 5.97 Å². The van der Waals surface area contributed by atoms with Crippen molar-refractivity contribution in [1.82, 2.24) is 0 Å². The van der Waals surface area contributed by atoms with Crippen molar-refractivity contribution in [2.24, 2.45) is 0 Å². The first-order valence-corrected chi connectivity index (χ1v) is 6.43. The maximum Gasteiger partial charge on any atom is 0.337 e. The van der Waals surface area contributed by atoms with E-state index in [1.807, 2.05) is 18.2 Å². The van der Waals surface area contributed by atoms with Crippen molar-refractivity contribution < 1.29 is 19.0 Å². The molecule has 21 heavy (non-hydrogen) atoms. The normalized spacial score (nSPS) is 9.76. The largest absolute Gasteiger partial charge is 0.489 e. The van der Waals surface area contributed by atoms with Crippen LogP contribution < -0.4 is 9.47 Å². The van der Waals surface area contributed by atoms with E-state index in [1.54, 1.807) is 36.4 Å². The monoisotopic (exact) mass is 284 g/mol. The fourth-order valence-corrected chi connectivity index (χ4v) is 1.70. The lowest BCUT2D eigenvalue weighted by molar-refractivity contribution is 0.0600. The number of esters is 1. The van der Waals surface area contributed by atoms with Crippen LogP contribution in [0.2, 0.25) is 0 Å². The van der Waals surface area contributed by atoms with Crippen LogP contribution >= 0.6 is 0 Å². The smallest absolute Gasteiger partial charge is 0.337 e. The number of carbonyl (C=O) groups excluding carboxylic acids is 1. The maximum absolute atomic E-state index is 11.3. The van der Waals surface area contributed by atoms with E-state index in [4.69, 9.17) is 9.47 Å². The molecule has 0 spiro atoms. The molecule has 2 aromatic carbocycles. The molecule has 0 amide bonds. The van der Waals surface area contributed by atoms with E-state index in [9.17, 15) is 4.79 Å². The van der Waals surface area contributed by atoms with Crippen LogP contribution in [-0.2, 0) is 4.74 Å². The average molecular weight is 284 g/mol. The van der Waals surface area contributed by atoms with Crippen LogP contribution in [-0.4, -0.2) is 19.7 Å². The molecule has 0 aliphatic rings. The third-order valence-electron chi connectivity index (χ3n) is 2.68. The van der Waals surface area contributed by atoms with Gasteiger partial charge in [-0.15, -0.1) is 0 Å². The van der Waals surface area contributed by atoms with Gasteiger partial charge in [-0.05, 0) is 36.4 Å². The molecule has 0 aliphatic heterocycles. The number of rotatable bonds is 6. The minimum Gasteiger partial charge on any atom is -0.489 e. The summed E-state index contributed by atoms with van der Waals surface area (Å²) in [7, 11) is 1.35. The van der Waals surface area contributed by atoms with Crippen LogP contribution in [0.15, 0.2) is 61.2 Å². The zero-order valence-electron chi connectivity index (χ0n) is 11.7. The summed E-state index contributed by atoms with van der Waals surface area (Å²) >= 11 is 0. The fourth-order valence-electron chi connectivity index (χ4n) is 1.70. The SMILES string of the molecule is C=CCOc1cccc(Oc2ccc(C(=O)OC)cc2)c1. The topological polar surface area (TPSA) is 44.8 Å². The number of hydrogen-bond donors (Lipinski definition) is 0. The van der Waals surface area contributed by atoms with E-state index in [0.717, 1.165) is 0 Å². The molecule has 0 fully saturated rings. The average Bonchev–Trinajstić information content (AvgIpc) is 2.53. The van der Waals surface area contributed by atoms with Gasteiger partial charge in [0.25, 0.3) is 0 Å². The van der Waals surface area contributed by atoms with E-state index in [2.05, 4.69) is 11.3 Å². The molecule has 0 bridgehead atoms. The number of benzene rings is 2. The minimum absolute atomic E-state index is 0.374. The second kappa shape index (κ2) is 7.14. The van der Waals surface area contributed by atoms with Crippen LogP contribution in [0, 0.1) is 0 Å². The zero-order chi connectivity index (χ0) is 15.1. The van der Waals surface area contributed by atoms with Gasteiger partial charge in [0, 0.05) is 6.07 Å². The molecule has 0 aliphatic carbocycles. The molecular formula is C17H16O4. The van der Waals surface area contributed by atoms with Gasteiger partial charge in [-0.3, -0.25) is 0 Å². The highest BCUT2D eigenvalue weighted by molar-refractivity contribution is 5.89. The molecule has 2 rings (SSSR count). The first-order chi connectivity index (χ1) is 10.2. The molecule has 0 N–H and O–H groups in total. The lowest BCUT2D eigenvalue weighted by Gasteiger charge is -2.08. The quantitative estimate of drug-likeness (QED) is 0.597. The summed E-state index contributed by atoms with van der Waals surface area (Å²) in [5.41, 5.74) is 0.480. The predicted molar refractivity (Wildman–Crippen MR) is 80.0 cm³/mol. The second-order valence-electron chi connectivity index (χ2n) is 4.19. The van der Waals surface area contributed by atoms with E-state index in [1.165, 1.54) is 7.11 Å². The molecule has 0 aromatic heterocycles. The zero-order valence-corrected chi connectivity index (χ0v) is 11.7. The van der Waals surface area contributed by atoms with Crippen LogP contribution in [0.3, 0.4) is 0 Å². The van der Waals surface area contributed by atoms with Crippen molar-refractivity contribution in [3.05, 3.63) is 66.7 Å². The molecule has 0 saturated heterocycles. The van der Waals surface area contributed by atoms with Gasteiger partial charge in [-0.25, -0.2) is 4.79 Å². The highest BCUT2D eigenvalue weighted by atomic mass is 16.5. The molecule has 0 radical (unpaired) electrons. The number of methoxy groups -OCH3 is 1. The first-order valence-electron chi connectivity index (χ1n) is 6.43. The van der Waals surface area contributed by atoms with Gasteiger partial charge < -0.3 is 14.2 Å². The van der Waals surface area contributed by atoms with Gasteiger partial charge in [0.05, 0.1) is 12.7 Å². The van der Waals surface area contributed by atoms with Crippen LogP contribution in [0.1, 0.15) is 10.4 Å². The Balaban J connectivity index is 2.07. The molecule has 4 nitrogen and oxygen atoms in total. The lowest BCUT2D eigenvalue weighted by atomic mass is 10.2. The Morgan fingerprint density at radius 1 is 1.10 bits per heavy atom. The van der Waals surface area contributed by atoms with Gasteiger partial charge in [0.2, 0.25) is 0 Å². The van der Waals surface area contributed by atoms with Gasteiger partial charge in [-0.2, -0.15) is 0 Å². The fraction of sp³-hybridized carbons (Fsp3) is 0.118. The Morgan fingerprint density at radius 2 is 1.81 bits per heavy atom. The summed E-state index contributed by atoms with van der Waals surface area (Å²) in [5, 5.41) is 0. The van der Waals surface area contributed by atoms with Crippen molar-refractivity contribution in [3.63, 3.8) is 0 Å². The molecule has 0 unspecified atom stereocenters. The summed E-state index contributed by atoms with van der Waals surface area (Å²) < 4.78 is 15.8. The van der Waals surface area contributed by atoms with Gasteiger partial charge >= 0.3 is 5.97 Å². The maximum atomic E-state index is 11.3. The Bertz CT molecular complexity index is 617. The van der Waals surface area contributed by atoms with E-state index in [0.29, 0.717) is 29.4 Å². The van der Waals surface area contributed by atoms with Crippen molar-refractivity contribution in [1.29, 1.82) is 0 Å². The highest BCUT2D eigenvalue weighted by Crippen LogP contribution is 2.25. The van der Waals surface area contributed by atoms with Crippen molar-refractivity contribution in [2.75, 3.05) is 13.7 Å². The number of ether oxygens (including phenoxy) is 3. The molecule has 2 aromatic rings. The summed E-state index contributed by atoms with van der Waals surface area (Å²) in [6, 6.07) is 14.0. The third-order valence-corrected chi connectivity index (χ3v) is 2.68. The Labute approximate surface area is 123 Å². The second-order valence-corrected chi connectivity index (χ2v) is 4.19. The minimum atomic E-state index is -0.374. The Hall–Kier alpha value is -2.75. The number of hydrogen-bond acceptors (Lipinski definition) is 4. The van der Waals surface area contributed by atoms with Crippen LogP contribution in [0.4, 0.5) is 0 Å². The highest BCUT2D eigenvalue weighted by Gasteiger charge is 2.05. The third kappa shape index (κ3) is 4.11. The van der Waals surface area contributed by atoms with E-state index in [-0.39, 0.29) is 5.97 Å². The molecule has 0 saturated carbocycles. The molecule has 0 heterocycles. The molecule has 0 atom stereocenters. The summed E-state index contributed by atoms with van der Waals surface area (Å²) in [5.74, 6) is 1.62. The number of carbonyl (C=O) groups is 1. The van der Waals surface area contributed by atoms with Crippen LogP contribution in [0.5, 0.6) is 17.2 Å². The van der Waals surface area contributed by atoms with Crippen molar-refractivity contribution in [2.45, 2.75) is 0 Å². The standard InChI is InChI=1S/C17H16O4/c1-3-11-20-15-5-4-6-16(12-15)21-14-9-7-13(8-10-14)17(18)19-2/h3-10,12H,1,11H2,2H3. The molecular weight excluding hydrogens is 268 g/mol. The van der Waals surface area contributed by atoms with Gasteiger partial charge in [0.1, 0.15) is 23.9 Å². The predicted octanol–water partition coefficient (Wildman–Crippen LogP) is 3.83. The summed E-state index contributed by atoms with van der Waals surface area (Å²) in [4.78, 5) is 11.3. The molecule has 4 heteroatoms. The Morgan fingerprint density at radius 3 is 2.48 bits per heavy atom. The summed E-state index contributed by atoms with van der Waals surface area (Å²) in [6.07, 6.45) is 1.68. The van der Waals surface area contributed by atoms with Gasteiger partial charge in [0.15, 0.2) is 0 Å². The van der Waals surface area contributed by atoms with Gasteiger partial charge in [-0.1, -0.05) is 18.7 Å². The van der Waals surface area contributed by atoms with Crippen LogP contribution in [0.25, 0.3) is 0 Å². The summed E-state index contributed by atoms with van der Waals surface area (Å²) in [6.45, 7) is 4.04. The molecule has 108 valence electrons. The van der Waals surface area contributed by atoms with E-state index < -0.39 is 0 Å². The van der Waals surface area contributed by atoms with Crippen molar-refractivity contribution in [3.8, 4) is 17.2 Å².